The van der Waals surface area contributed by atoms with E-state index in [1.807, 2.05) is 0 Å². The van der Waals surface area contributed by atoms with Gasteiger partial charge in [-0.05, 0) is 31.2 Å². The van der Waals surface area contributed by atoms with Crippen LogP contribution in [0, 0.1) is 5.95 Å². The summed E-state index contributed by atoms with van der Waals surface area (Å²) in [4.78, 5) is 14.5. The van der Waals surface area contributed by atoms with Crippen LogP contribution in [0.3, 0.4) is 0 Å². The van der Waals surface area contributed by atoms with Gasteiger partial charge in [-0.1, -0.05) is 12.1 Å². The van der Waals surface area contributed by atoms with Gasteiger partial charge in [-0.15, -0.1) is 0 Å². The molecule has 7 heteroatoms. The lowest BCUT2D eigenvalue weighted by molar-refractivity contribution is 0.101. The Hall–Kier alpha value is -2.28. The van der Waals surface area contributed by atoms with Gasteiger partial charge in [0.05, 0.1) is 16.8 Å². The first-order chi connectivity index (χ1) is 9.38. The van der Waals surface area contributed by atoms with Crippen LogP contribution < -0.4 is 4.72 Å². The van der Waals surface area contributed by atoms with Gasteiger partial charge in [0, 0.05) is 5.56 Å². The van der Waals surface area contributed by atoms with Gasteiger partial charge >= 0.3 is 0 Å². The Labute approximate surface area is 115 Å². The third kappa shape index (κ3) is 3.18. The number of nitrogens with one attached hydrogen (secondary N) is 1. The van der Waals surface area contributed by atoms with Gasteiger partial charge in [0.2, 0.25) is 5.95 Å². The van der Waals surface area contributed by atoms with Crippen LogP contribution in [0.25, 0.3) is 0 Å². The Bertz CT molecular complexity index is 725. The summed E-state index contributed by atoms with van der Waals surface area (Å²) in [5, 5.41) is 0. The molecular formula is C13H11FN2O3S. The first-order valence-electron chi connectivity index (χ1n) is 5.64. The number of halogens is 1. The van der Waals surface area contributed by atoms with Crippen molar-refractivity contribution in [3.8, 4) is 0 Å². The lowest BCUT2D eigenvalue weighted by atomic mass is 10.2. The lowest BCUT2D eigenvalue weighted by Crippen LogP contribution is -2.13. The van der Waals surface area contributed by atoms with E-state index in [2.05, 4.69) is 9.71 Å². The smallest absolute Gasteiger partial charge is 0.261 e. The number of sulfonamides is 1. The standard InChI is InChI=1S/C13H11FN2O3S/c1-9(17)10-2-5-12(6-3-10)20(18,19)16-11-4-7-13(14)15-8-11/h2-8,16H,1H3. The van der Waals surface area contributed by atoms with E-state index < -0.39 is 16.0 Å². The first kappa shape index (κ1) is 14.1. The maximum atomic E-state index is 12.6. The topological polar surface area (TPSA) is 76.1 Å². The molecule has 1 N–H and O–H groups in total. The minimum Gasteiger partial charge on any atom is -0.295 e. The van der Waals surface area contributed by atoms with Crippen molar-refractivity contribution in [2.45, 2.75) is 11.8 Å². The zero-order valence-electron chi connectivity index (χ0n) is 10.5. The third-order valence-corrected chi connectivity index (χ3v) is 3.95. The number of carbonyl (C=O) groups is 1. The molecule has 0 aliphatic heterocycles. The van der Waals surface area contributed by atoms with E-state index >= 15 is 0 Å². The van der Waals surface area contributed by atoms with E-state index in [4.69, 9.17) is 0 Å². The molecule has 20 heavy (non-hydrogen) atoms. The monoisotopic (exact) mass is 294 g/mol. The Morgan fingerprint density at radius 2 is 1.80 bits per heavy atom. The van der Waals surface area contributed by atoms with Crippen LogP contribution in [0.15, 0.2) is 47.5 Å². The molecule has 1 aromatic heterocycles. The molecule has 0 fully saturated rings. The molecule has 0 unspecified atom stereocenters. The minimum atomic E-state index is -3.79. The summed E-state index contributed by atoms with van der Waals surface area (Å²) in [6.07, 6.45) is 1.08. The number of pyridine rings is 1. The summed E-state index contributed by atoms with van der Waals surface area (Å²) < 4.78 is 39.0. The SMILES string of the molecule is CC(=O)c1ccc(S(=O)(=O)Nc2ccc(F)nc2)cc1. The zero-order valence-corrected chi connectivity index (χ0v) is 11.3. The fourth-order valence-electron chi connectivity index (χ4n) is 1.52. The number of carbonyl (C=O) groups excluding carboxylic acids is 1. The van der Waals surface area contributed by atoms with Gasteiger partial charge in [-0.2, -0.15) is 4.39 Å². The largest absolute Gasteiger partial charge is 0.295 e. The molecule has 0 radical (unpaired) electrons. The van der Waals surface area contributed by atoms with Gasteiger partial charge in [0.1, 0.15) is 0 Å². The third-order valence-electron chi connectivity index (χ3n) is 2.55. The first-order valence-corrected chi connectivity index (χ1v) is 7.12. The Balaban J connectivity index is 2.26. The molecule has 0 saturated heterocycles. The van der Waals surface area contributed by atoms with Crippen molar-refractivity contribution in [3.63, 3.8) is 0 Å². The fraction of sp³-hybridized carbons (Fsp3) is 0.0769. The lowest BCUT2D eigenvalue weighted by Gasteiger charge is -2.07. The number of hydrogen-bond acceptors (Lipinski definition) is 4. The number of ketones is 1. The van der Waals surface area contributed by atoms with E-state index in [-0.39, 0.29) is 16.4 Å². The summed E-state index contributed by atoms with van der Waals surface area (Å²) >= 11 is 0. The second kappa shape index (κ2) is 5.38. The average molecular weight is 294 g/mol. The predicted octanol–water partition coefficient (Wildman–Crippen LogP) is 2.22. The van der Waals surface area contributed by atoms with Crippen molar-refractivity contribution < 1.29 is 17.6 Å². The number of rotatable bonds is 4. The zero-order chi connectivity index (χ0) is 14.8. The Morgan fingerprint density at radius 3 is 2.30 bits per heavy atom. The summed E-state index contributed by atoms with van der Waals surface area (Å²) in [5.74, 6) is -0.844. The van der Waals surface area contributed by atoms with Crippen molar-refractivity contribution in [2.75, 3.05) is 4.72 Å². The van der Waals surface area contributed by atoms with Crippen LogP contribution in [0.1, 0.15) is 17.3 Å². The van der Waals surface area contributed by atoms with Crippen molar-refractivity contribution in [3.05, 3.63) is 54.1 Å². The second-order valence-corrected chi connectivity index (χ2v) is 5.74. The Morgan fingerprint density at radius 1 is 1.15 bits per heavy atom. The molecule has 104 valence electrons. The molecular weight excluding hydrogens is 283 g/mol. The van der Waals surface area contributed by atoms with Crippen LogP contribution in [0.5, 0.6) is 0 Å². The second-order valence-electron chi connectivity index (χ2n) is 4.06. The van der Waals surface area contributed by atoms with Gasteiger partial charge in [0.15, 0.2) is 5.78 Å². The van der Waals surface area contributed by atoms with E-state index in [9.17, 15) is 17.6 Å². The highest BCUT2D eigenvalue weighted by Gasteiger charge is 2.14. The van der Waals surface area contributed by atoms with Crippen molar-refractivity contribution in [1.29, 1.82) is 0 Å². The summed E-state index contributed by atoms with van der Waals surface area (Å²) in [6.45, 7) is 1.39. The van der Waals surface area contributed by atoms with Crippen LogP contribution >= 0.6 is 0 Å². The average Bonchev–Trinajstić information content (AvgIpc) is 2.41. The van der Waals surface area contributed by atoms with E-state index in [0.29, 0.717) is 5.56 Å². The number of benzene rings is 1. The van der Waals surface area contributed by atoms with E-state index in [1.165, 1.54) is 37.3 Å². The molecule has 0 aliphatic rings. The molecule has 0 atom stereocenters. The van der Waals surface area contributed by atoms with Crippen molar-refractivity contribution >= 4 is 21.5 Å². The molecule has 1 aromatic carbocycles. The van der Waals surface area contributed by atoms with Crippen molar-refractivity contribution in [1.82, 2.24) is 4.98 Å². The van der Waals surface area contributed by atoms with E-state index in [1.54, 1.807) is 0 Å². The van der Waals surface area contributed by atoms with Gasteiger partial charge in [0.25, 0.3) is 10.0 Å². The maximum absolute atomic E-state index is 12.6. The molecule has 5 nitrogen and oxygen atoms in total. The molecule has 2 aromatic rings. The normalized spacial score (nSPS) is 11.1. The summed E-state index contributed by atoms with van der Waals surface area (Å²) in [7, 11) is -3.79. The number of nitrogens with zero attached hydrogens (tertiary/aromatic N) is 1. The maximum Gasteiger partial charge on any atom is 0.261 e. The molecule has 0 amide bonds. The van der Waals surface area contributed by atoms with Crippen molar-refractivity contribution in [2.24, 2.45) is 0 Å². The number of Topliss-reactive ketones (excluding diaryl/α,β-unsaturated/α-hetero) is 1. The molecule has 0 saturated carbocycles. The summed E-state index contributed by atoms with van der Waals surface area (Å²) in [6, 6.07) is 7.84. The predicted molar refractivity (Wildman–Crippen MR) is 71.5 cm³/mol. The minimum absolute atomic E-state index is 0.00632. The summed E-state index contributed by atoms with van der Waals surface area (Å²) in [5.41, 5.74) is 0.578. The number of aromatic nitrogens is 1. The molecule has 2 rings (SSSR count). The van der Waals surface area contributed by atoms with E-state index in [0.717, 1.165) is 12.3 Å². The van der Waals surface area contributed by atoms with Gasteiger partial charge < -0.3 is 0 Å². The highest BCUT2D eigenvalue weighted by atomic mass is 32.2. The fourth-order valence-corrected chi connectivity index (χ4v) is 2.56. The quantitative estimate of drug-likeness (QED) is 0.693. The molecule has 0 bridgehead atoms. The number of hydrogen-bond donors (Lipinski definition) is 1. The number of anilines is 1. The van der Waals surface area contributed by atoms with Crippen LogP contribution in [0.2, 0.25) is 0 Å². The van der Waals surface area contributed by atoms with Gasteiger partial charge in [-0.3, -0.25) is 9.52 Å². The molecule has 1 heterocycles. The van der Waals surface area contributed by atoms with Gasteiger partial charge in [-0.25, -0.2) is 13.4 Å². The molecule has 0 aliphatic carbocycles. The Kier molecular flexibility index (Phi) is 3.80. The highest BCUT2D eigenvalue weighted by Crippen LogP contribution is 2.16. The van der Waals surface area contributed by atoms with Crippen LogP contribution in [-0.4, -0.2) is 19.2 Å². The molecule has 0 spiro atoms. The van der Waals surface area contributed by atoms with Crippen LogP contribution in [-0.2, 0) is 10.0 Å². The van der Waals surface area contributed by atoms with Crippen LogP contribution in [0.4, 0.5) is 10.1 Å². The highest BCUT2D eigenvalue weighted by molar-refractivity contribution is 7.92.